The van der Waals surface area contributed by atoms with Gasteiger partial charge in [-0.2, -0.15) is 0 Å². The van der Waals surface area contributed by atoms with Crippen molar-refractivity contribution in [3.8, 4) is 0 Å². The van der Waals surface area contributed by atoms with Gasteiger partial charge in [0.05, 0.1) is 6.26 Å². The number of amides is 2. The highest BCUT2D eigenvalue weighted by Gasteiger charge is 2.50. The molecule has 0 unspecified atom stereocenters. The second kappa shape index (κ2) is 4.38. The lowest BCUT2D eigenvalue weighted by atomic mass is 9.65. The highest BCUT2D eigenvalue weighted by molar-refractivity contribution is 7.88. The first kappa shape index (κ1) is 13.6. The summed E-state index contributed by atoms with van der Waals surface area (Å²) in [7, 11) is 0.360. The summed E-state index contributed by atoms with van der Waals surface area (Å²) in [5.74, 6) is 0. The van der Waals surface area contributed by atoms with Gasteiger partial charge in [-0.15, -0.1) is 0 Å². The molecule has 1 N–H and O–H groups in total. The molecule has 18 heavy (non-hydrogen) atoms. The molecule has 6 nitrogen and oxygen atoms in total. The van der Waals surface area contributed by atoms with Gasteiger partial charge in [-0.3, -0.25) is 0 Å². The molecule has 0 aromatic carbocycles. The molecule has 1 saturated carbocycles. The van der Waals surface area contributed by atoms with Crippen molar-refractivity contribution < 1.29 is 13.2 Å². The summed E-state index contributed by atoms with van der Waals surface area (Å²) in [5, 5.41) is 2.94. The van der Waals surface area contributed by atoms with E-state index in [4.69, 9.17) is 0 Å². The van der Waals surface area contributed by atoms with E-state index in [1.54, 1.807) is 18.4 Å². The number of carbonyl (C=O) groups is 1. The monoisotopic (exact) mass is 275 g/mol. The van der Waals surface area contributed by atoms with E-state index >= 15 is 0 Å². The molecule has 1 saturated heterocycles. The zero-order chi connectivity index (χ0) is 13.6. The third kappa shape index (κ3) is 2.61. The van der Waals surface area contributed by atoms with Gasteiger partial charge < -0.3 is 10.2 Å². The maximum absolute atomic E-state index is 11.5. The standard InChI is InChI=1S/C11H21N3O3S/c1-13(2)10(15)12-9-6-11(7-9)4-5-14(8-11)18(3,16)17/h9H,4-8H2,1-3H3,(H,12,15). The van der Waals surface area contributed by atoms with Crippen molar-refractivity contribution in [2.45, 2.75) is 25.3 Å². The molecule has 1 heterocycles. The van der Waals surface area contributed by atoms with Gasteiger partial charge in [0.15, 0.2) is 0 Å². The first-order valence-electron chi connectivity index (χ1n) is 6.15. The Labute approximate surface area is 108 Å². The van der Waals surface area contributed by atoms with Crippen molar-refractivity contribution in [3.05, 3.63) is 0 Å². The Morgan fingerprint density at radius 3 is 2.44 bits per heavy atom. The number of hydrogen-bond donors (Lipinski definition) is 1. The van der Waals surface area contributed by atoms with Gasteiger partial charge in [-0.25, -0.2) is 17.5 Å². The second-order valence-corrected chi connectivity index (χ2v) is 7.78. The van der Waals surface area contributed by atoms with Crippen LogP contribution >= 0.6 is 0 Å². The number of sulfonamides is 1. The quantitative estimate of drug-likeness (QED) is 0.775. The van der Waals surface area contributed by atoms with Gasteiger partial charge in [-0.1, -0.05) is 0 Å². The van der Waals surface area contributed by atoms with Gasteiger partial charge in [0.25, 0.3) is 0 Å². The number of nitrogens with zero attached hydrogens (tertiary/aromatic N) is 2. The minimum Gasteiger partial charge on any atom is -0.335 e. The summed E-state index contributed by atoms with van der Waals surface area (Å²) >= 11 is 0. The summed E-state index contributed by atoms with van der Waals surface area (Å²) in [6.07, 6.45) is 3.95. The van der Waals surface area contributed by atoms with E-state index in [9.17, 15) is 13.2 Å². The van der Waals surface area contributed by atoms with E-state index in [1.165, 1.54) is 11.2 Å². The Kier molecular flexibility index (Phi) is 3.31. The zero-order valence-electron chi connectivity index (χ0n) is 11.1. The Bertz CT molecular complexity index is 440. The van der Waals surface area contributed by atoms with Crippen molar-refractivity contribution >= 4 is 16.1 Å². The average molecular weight is 275 g/mol. The predicted octanol–water partition coefficient (Wildman–Crippen LogP) is 0.0717. The van der Waals surface area contributed by atoms with E-state index in [1.807, 2.05) is 0 Å². The number of carbonyl (C=O) groups excluding carboxylic acids is 1. The fraction of sp³-hybridized carbons (Fsp3) is 0.909. The number of rotatable bonds is 2. The van der Waals surface area contributed by atoms with Crippen LogP contribution in [0.1, 0.15) is 19.3 Å². The molecular formula is C11H21N3O3S. The van der Waals surface area contributed by atoms with Gasteiger partial charge in [-0.05, 0) is 24.7 Å². The molecule has 0 radical (unpaired) electrons. The first-order chi connectivity index (χ1) is 8.22. The molecule has 7 heteroatoms. The van der Waals surface area contributed by atoms with Crippen LogP contribution in [0, 0.1) is 5.41 Å². The lowest BCUT2D eigenvalue weighted by Gasteiger charge is -2.45. The molecule has 2 amide bonds. The Balaban J connectivity index is 1.84. The van der Waals surface area contributed by atoms with Crippen molar-refractivity contribution in [1.82, 2.24) is 14.5 Å². The molecule has 0 bridgehead atoms. The lowest BCUT2D eigenvalue weighted by Crippen LogP contribution is -2.54. The number of urea groups is 1. The topological polar surface area (TPSA) is 69.7 Å². The smallest absolute Gasteiger partial charge is 0.317 e. The van der Waals surface area contributed by atoms with Crippen molar-refractivity contribution in [2.75, 3.05) is 33.4 Å². The SMILES string of the molecule is CN(C)C(=O)NC1CC2(CCN(S(C)(=O)=O)C2)C1. The molecule has 1 spiro atoms. The lowest BCUT2D eigenvalue weighted by molar-refractivity contribution is 0.0994. The maximum Gasteiger partial charge on any atom is 0.317 e. The normalized spacial score (nSPS) is 32.3. The number of nitrogens with one attached hydrogen (secondary N) is 1. The molecule has 2 aliphatic rings. The van der Waals surface area contributed by atoms with Crippen LogP contribution in [-0.4, -0.2) is 63.1 Å². The van der Waals surface area contributed by atoms with Crippen molar-refractivity contribution in [1.29, 1.82) is 0 Å². The van der Waals surface area contributed by atoms with Crippen molar-refractivity contribution in [2.24, 2.45) is 5.41 Å². The maximum atomic E-state index is 11.5. The van der Waals surface area contributed by atoms with Crippen LogP contribution in [0.4, 0.5) is 4.79 Å². The van der Waals surface area contributed by atoms with Gasteiger partial charge >= 0.3 is 6.03 Å². The Hall–Kier alpha value is -0.820. The van der Waals surface area contributed by atoms with E-state index in [0.29, 0.717) is 13.1 Å². The van der Waals surface area contributed by atoms with Crippen LogP contribution < -0.4 is 5.32 Å². The summed E-state index contributed by atoms with van der Waals surface area (Å²) in [6, 6.07) is 0.118. The summed E-state index contributed by atoms with van der Waals surface area (Å²) in [4.78, 5) is 13.0. The highest BCUT2D eigenvalue weighted by Crippen LogP contribution is 2.48. The molecule has 0 atom stereocenters. The van der Waals surface area contributed by atoms with Crippen LogP contribution in [0.15, 0.2) is 0 Å². The first-order valence-corrected chi connectivity index (χ1v) is 8.00. The van der Waals surface area contributed by atoms with Crippen LogP contribution in [-0.2, 0) is 10.0 Å². The van der Waals surface area contributed by atoms with Crippen LogP contribution in [0.25, 0.3) is 0 Å². The van der Waals surface area contributed by atoms with Crippen molar-refractivity contribution in [3.63, 3.8) is 0 Å². The summed E-state index contributed by atoms with van der Waals surface area (Å²) in [5.41, 5.74) is 0.105. The highest BCUT2D eigenvalue weighted by atomic mass is 32.2. The third-order valence-corrected chi connectivity index (χ3v) is 5.21. The molecule has 1 aliphatic heterocycles. The predicted molar refractivity (Wildman–Crippen MR) is 68.7 cm³/mol. The van der Waals surface area contributed by atoms with Gasteiger partial charge in [0.2, 0.25) is 10.0 Å². The average Bonchev–Trinajstić information content (AvgIpc) is 2.60. The summed E-state index contributed by atoms with van der Waals surface area (Å²) < 4.78 is 24.5. The van der Waals surface area contributed by atoms with Crippen LogP contribution in [0.5, 0.6) is 0 Å². The zero-order valence-corrected chi connectivity index (χ0v) is 12.0. The minimum atomic E-state index is -3.07. The largest absolute Gasteiger partial charge is 0.335 e. The summed E-state index contributed by atoms with van der Waals surface area (Å²) in [6.45, 7) is 1.23. The van der Waals surface area contributed by atoms with E-state index in [0.717, 1.165) is 19.3 Å². The van der Waals surface area contributed by atoms with E-state index in [-0.39, 0.29) is 17.5 Å². The van der Waals surface area contributed by atoms with Gasteiger partial charge in [0.1, 0.15) is 0 Å². The molecule has 1 aliphatic carbocycles. The molecule has 2 fully saturated rings. The van der Waals surface area contributed by atoms with Crippen LogP contribution in [0.2, 0.25) is 0 Å². The fourth-order valence-corrected chi connectivity index (χ4v) is 3.83. The molecule has 0 aromatic heterocycles. The Morgan fingerprint density at radius 2 is 2.00 bits per heavy atom. The second-order valence-electron chi connectivity index (χ2n) is 5.80. The number of hydrogen-bond acceptors (Lipinski definition) is 3. The minimum absolute atomic E-state index is 0.0761. The fourth-order valence-electron chi connectivity index (χ4n) is 2.90. The molecular weight excluding hydrogens is 254 g/mol. The third-order valence-electron chi connectivity index (χ3n) is 3.96. The van der Waals surface area contributed by atoms with Gasteiger partial charge in [0, 0.05) is 33.2 Å². The van der Waals surface area contributed by atoms with E-state index < -0.39 is 10.0 Å². The van der Waals surface area contributed by atoms with E-state index in [2.05, 4.69) is 5.32 Å². The molecule has 2 rings (SSSR count). The van der Waals surface area contributed by atoms with Crippen LogP contribution in [0.3, 0.4) is 0 Å². The molecule has 0 aromatic rings. The Morgan fingerprint density at radius 1 is 1.39 bits per heavy atom. The molecule has 104 valence electrons.